The van der Waals surface area contributed by atoms with Gasteiger partial charge in [0, 0.05) is 6.61 Å². The molecule has 1 aliphatic rings. The third-order valence-electron chi connectivity index (χ3n) is 9.66. The summed E-state index contributed by atoms with van der Waals surface area (Å²) in [6.45, 7) is 19.9. The molecule has 1 saturated heterocycles. The minimum absolute atomic E-state index is 0.0983. The van der Waals surface area contributed by atoms with Gasteiger partial charge in [-0.25, -0.2) is 0 Å². The molecular formula is C43H56O5Si2. The van der Waals surface area contributed by atoms with E-state index in [1.165, 1.54) is 20.7 Å². The summed E-state index contributed by atoms with van der Waals surface area (Å²) in [6, 6.07) is 42.6. The van der Waals surface area contributed by atoms with Crippen molar-refractivity contribution in [1.29, 1.82) is 0 Å². The number of hydrogen-bond donors (Lipinski definition) is 0. The molecule has 1 aliphatic heterocycles. The number of rotatable bonds is 13. The van der Waals surface area contributed by atoms with Crippen LogP contribution < -0.4 is 20.7 Å². The Morgan fingerprint density at radius 3 is 1.36 bits per heavy atom. The first kappa shape index (κ1) is 37.9. The number of hydrogen-bond acceptors (Lipinski definition) is 5. The van der Waals surface area contributed by atoms with Crippen LogP contribution in [0.15, 0.2) is 121 Å². The van der Waals surface area contributed by atoms with E-state index in [2.05, 4.69) is 151 Å². The second-order valence-electron chi connectivity index (χ2n) is 16.5. The zero-order valence-electron chi connectivity index (χ0n) is 31.4. The zero-order valence-corrected chi connectivity index (χ0v) is 33.4. The Labute approximate surface area is 302 Å². The molecule has 5 nitrogen and oxygen atoms in total. The standard InChI is InChI=1S/C43H56O5Si2/c1-41(2,3)47-39(44)32-38(48-50(43(7,8)9,35-26-18-12-19-27-35)36-28-20-13-21-29-36)40-37(46-40)30-31-45-49(42(4,5)6,33-22-14-10-15-23-33)34-24-16-11-17-25-34/h10-29,37-38,40H,30-32H2,1-9H3/t37-,38+,40-/m1/s1. The van der Waals surface area contributed by atoms with E-state index >= 15 is 0 Å². The highest BCUT2D eigenvalue weighted by molar-refractivity contribution is 7.00. The minimum Gasteiger partial charge on any atom is -0.460 e. The van der Waals surface area contributed by atoms with Crippen LogP contribution in [0.2, 0.25) is 10.1 Å². The number of carbonyl (C=O) groups excluding carboxylic acids is 1. The Morgan fingerprint density at radius 2 is 1.00 bits per heavy atom. The summed E-state index contributed by atoms with van der Waals surface area (Å²) in [7, 11) is -5.67. The summed E-state index contributed by atoms with van der Waals surface area (Å²) < 4.78 is 27.1. The first-order chi connectivity index (χ1) is 23.6. The van der Waals surface area contributed by atoms with Gasteiger partial charge in [0.1, 0.15) is 11.7 Å². The van der Waals surface area contributed by atoms with Crippen LogP contribution in [-0.4, -0.2) is 53.1 Å². The van der Waals surface area contributed by atoms with Crippen LogP contribution in [0.3, 0.4) is 0 Å². The second-order valence-corrected chi connectivity index (χ2v) is 25.1. The van der Waals surface area contributed by atoms with E-state index in [0.29, 0.717) is 13.0 Å². The first-order valence-corrected chi connectivity index (χ1v) is 21.8. The molecule has 0 radical (unpaired) electrons. The van der Waals surface area contributed by atoms with Crippen LogP contribution >= 0.6 is 0 Å². The average Bonchev–Trinajstić information content (AvgIpc) is 3.84. The van der Waals surface area contributed by atoms with E-state index in [9.17, 15) is 4.79 Å². The van der Waals surface area contributed by atoms with Crippen molar-refractivity contribution in [2.45, 2.75) is 109 Å². The Balaban J connectivity index is 1.46. The summed E-state index contributed by atoms with van der Waals surface area (Å²) in [6.07, 6.45) is -0.0393. The van der Waals surface area contributed by atoms with Crippen LogP contribution in [0, 0.1) is 0 Å². The maximum absolute atomic E-state index is 13.5. The third-order valence-corrected chi connectivity index (χ3v) is 19.8. The number of carbonyl (C=O) groups is 1. The van der Waals surface area contributed by atoms with Crippen LogP contribution in [0.5, 0.6) is 0 Å². The molecule has 4 aromatic rings. The van der Waals surface area contributed by atoms with Gasteiger partial charge >= 0.3 is 5.97 Å². The normalized spacial score (nSPS) is 17.6. The molecule has 3 atom stereocenters. The maximum atomic E-state index is 13.5. The number of ether oxygens (including phenoxy) is 2. The fourth-order valence-corrected chi connectivity index (χ4v) is 16.8. The van der Waals surface area contributed by atoms with Gasteiger partial charge in [-0.1, -0.05) is 163 Å². The van der Waals surface area contributed by atoms with Gasteiger partial charge in [-0.05, 0) is 58.0 Å². The van der Waals surface area contributed by atoms with Gasteiger partial charge in [-0.3, -0.25) is 4.79 Å². The molecular weight excluding hydrogens is 653 g/mol. The van der Waals surface area contributed by atoms with Crippen LogP contribution in [0.4, 0.5) is 0 Å². The SMILES string of the molecule is CC(C)(C)OC(=O)C[C@H](O[Si](c1ccccc1)(c1ccccc1)C(C)(C)C)[C@@H]1O[C@@H]1CCO[Si](c1ccccc1)(c1ccccc1)C(C)(C)C. The second kappa shape index (κ2) is 15.1. The molecule has 0 bridgehead atoms. The highest BCUT2D eigenvalue weighted by Gasteiger charge is 2.56. The monoisotopic (exact) mass is 708 g/mol. The fourth-order valence-electron chi connectivity index (χ4n) is 7.50. The molecule has 0 unspecified atom stereocenters. The van der Waals surface area contributed by atoms with Crippen molar-refractivity contribution in [2.24, 2.45) is 0 Å². The van der Waals surface area contributed by atoms with E-state index in [1.807, 2.05) is 32.9 Å². The van der Waals surface area contributed by atoms with Crippen molar-refractivity contribution in [3.05, 3.63) is 121 Å². The molecule has 5 rings (SSSR count). The van der Waals surface area contributed by atoms with Crippen molar-refractivity contribution in [3.8, 4) is 0 Å². The lowest BCUT2D eigenvalue weighted by molar-refractivity contribution is -0.157. The lowest BCUT2D eigenvalue weighted by Crippen LogP contribution is -2.68. The number of epoxide rings is 1. The predicted molar refractivity (Wildman–Crippen MR) is 210 cm³/mol. The Hall–Kier alpha value is -3.34. The molecule has 1 fully saturated rings. The van der Waals surface area contributed by atoms with E-state index in [-0.39, 0.29) is 34.7 Å². The Kier molecular flexibility index (Phi) is 11.4. The quantitative estimate of drug-likeness (QED) is 0.0824. The summed E-state index contributed by atoms with van der Waals surface area (Å²) in [5, 5.41) is 4.47. The molecule has 0 aromatic heterocycles. The summed E-state index contributed by atoms with van der Waals surface area (Å²) in [5.74, 6) is -0.279. The maximum Gasteiger partial charge on any atom is 0.308 e. The number of benzene rings is 4. The largest absolute Gasteiger partial charge is 0.460 e. The van der Waals surface area contributed by atoms with Gasteiger partial charge in [0.15, 0.2) is 0 Å². The van der Waals surface area contributed by atoms with E-state index < -0.39 is 28.3 Å². The van der Waals surface area contributed by atoms with Gasteiger partial charge in [-0.2, -0.15) is 0 Å². The van der Waals surface area contributed by atoms with Gasteiger partial charge in [0.2, 0.25) is 0 Å². The molecule has 1 heterocycles. The fraction of sp³-hybridized carbons (Fsp3) is 0.419. The molecule has 0 N–H and O–H groups in total. The topological polar surface area (TPSA) is 57.3 Å². The third kappa shape index (κ3) is 8.24. The van der Waals surface area contributed by atoms with E-state index in [0.717, 1.165) is 0 Å². The van der Waals surface area contributed by atoms with Crippen molar-refractivity contribution in [3.63, 3.8) is 0 Å². The van der Waals surface area contributed by atoms with Crippen LogP contribution in [-0.2, 0) is 23.1 Å². The first-order valence-electron chi connectivity index (χ1n) is 18.0. The molecule has 50 heavy (non-hydrogen) atoms. The van der Waals surface area contributed by atoms with Gasteiger partial charge in [0.05, 0.1) is 18.6 Å². The van der Waals surface area contributed by atoms with Crippen molar-refractivity contribution < 1.29 is 23.1 Å². The van der Waals surface area contributed by atoms with Crippen molar-refractivity contribution in [2.75, 3.05) is 6.61 Å². The molecule has 4 aromatic carbocycles. The highest BCUT2D eigenvalue weighted by atomic mass is 28.4. The molecule has 266 valence electrons. The summed E-state index contributed by atoms with van der Waals surface area (Å²) >= 11 is 0. The Morgan fingerprint density at radius 1 is 0.620 bits per heavy atom. The summed E-state index contributed by atoms with van der Waals surface area (Å²) in [5.41, 5.74) is -0.605. The predicted octanol–water partition coefficient (Wildman–Crippen LogP) is 7.40. The molecule has 0 aliphatic carbocycles. The van der Waals surface area contributed by atoms with Crippen molar-refractivity contribution in [1.82, 2.24) is 0 Å². The minimum atomic E-state index is -2.98. The molecule has 0 spiro atoms. The van der Waals surface area contributed by atoms with Crippen LogP contribution in [0.25, 0.3) is 0 Å². The summed E-state index contributed by atoms with van der Waals surface area (Å²) in [4.78, 5) is 13.5. The molecule has 0 saturated carbocycles. The van der Waals surface area contributed by atoms with E-state index in [4.69, 9.17) is 18.3 Å². The zero-order chi connectivity index (χ0) is 36.2. The van der Waals surface area contributed by atoms with Gasteiger partial charge in [0.25, 0.3) is 16.6 Å². The van der Waals surface area contributed by atoms with Crippen molar-refractivity contribution >= 4 is 43.4 Å². The van der Waals surface area contributed by atoms with Crippen LogP contribution in [0.1, 0.15) is 75.2 Å². The molecule has 0 amide bonds. The lowest BCUT2D eigenvalue weighted by Gasteiger charge is -2.45. The molecule has 7 heteroatoms. The van der Waals surface area contributed by atoms with Gasteiger partial charge in [-0.15, -0.1) is 0 Å². The average molecular weight is 709 g/mol. The number of esters is 1. The smallest absolute Gasteiger partial charge is 0.308 e. The lowest BCUT2D eigenvalue weighted by atomic mass is 10.1. The van der Waals surface area contributed by atoms with E-state index in [1.54, 1.807) is 0 Å². The highest BCUT2D eigenvalue weighted by Crippen LogP contribution is 2.42. The van der Waals surface area contributed by atoms with Gasteiger partial charge < -0.3 is 18.3 Å². The Bertz CT molecular complexity index is 1580.